The zero-order chi connectivity index (χ0) is 7.94. The molecule has 11 heavy (non-hydrogen) atoms. The summed E-state index contributed by atoms with van der Waals surface area (Å²) in [6, 6.07) is 0.510. The Morgan fingerprint density at radius 1 is 1.64 bits per heavy atom. The smallest absolute Gasteiger partial charge is 0.0623 e. The van der Waals surface area contributed by atoms with E-state index in [-0.39, 0.29) is 0 Å². The highest BCUT2D eigenvalue weighted by atomic mass is 16.5. The summed E-state index contributed by atoms with van der Waals surface area (Å²) in [5.41, 5.74) is 0. The zero-order valence-corrected chi connectivity index (χ0v) is 7.31. The predicted molar refractivity (Wildman–Crippen MR) is 46.4 cm³/mol. The molecule has 0 bridgehead atoms. The number of rotatable bonds is 4. The quantitative estimate of drug-likeness (QED) is 0.621. The molecule has 1 atom stereocenters. The van der Waals surface area contributed by atoms with Crippen LogP contribution in [0.3, 0.4) is 0 Å². The molecule has 0 aliphatic carbocycles. The van der Waals surface area contributed by atoms with Crippen LogP contribution in [0.25, 0.3) is 0 Å². The Morgan fingerprint density at radius 2 is 2.55 bits per heavy atom. The average molecular weight is 156 g/mol. The summed E-state index contributed by atoms with van der Waals surface area (Å²) in [6.07, 6.45) is 6.14. The summed E-state index contributed by atoms with van der Waals surface area (Å²) in [5.74, 6) is 0. The predicted octanol–water partition coefficient (Wildman–Crippen LogP) is 1.37. The van der Waals surface area contributed by atoms with Crippen LogP contribution in [-0.4, -0.2) is 25.8 Å². The normalized spacial score (nSPS) is 25.4. The van der Waals surface area contributed by atoms with Gasteiger partial charge >= 0.3 is 0 Å². The van der Waals surface area contributed by atoms with E-state index in [0.29, 0.717) is 6.04 Å². The standard InChI is InChI=1S/C9H18NO/c1-2-3-4-5-9-8-11-7-6-10-9/h5,9-10H,2-4,6-8H2,1H3. The van der Waals surface area contributed by atoms with Crippen molar-refractivity contribution in [3.05, 3.63) is 6.42 Å². The van der Waals surface area contributed by atoms with Crippen molar-refractivity contribution >= 4 is 0 Å². The lowest BCUT2D eigenvalue weighted by atomic mass is 10.1. The fourth-order valence-corrected chi connectivity index (χ4v) is 1.26. The van der Waals surface area contributed by atoms with Crippen LogP contribution in [0.1, 0.15) is 26.2 Å². The Bertz CT molecular complexity index is 89.6. The second kappa shape index (κ2) is 5.56. The van der Waals surface area contributed by atoms with Crippen LogP contribution < -0.4 is 5.32 Å². The zero-order valence-electron chi connectivity index (χ0n) is 7.31. The van der Waals surface area contributed by atoms with Crippen LogP contribution >= 0.6 is 0 Å². The van der Waals surface area contributed by atoms with E-state index >= 15 is 0 Å². The van der Waals surface area contributed by atoms with E-state index in [4.69, 9.17) is 4.74 Å². The molecule has 0 saturated carbocycles. The average Bonchev–Trinajstić information content (AvgIpc) is 2.07. The molecule has 1 aliphatic rings. The van der Waals surface area contributed by atoms with E-state index in [0.717, 1.165) is 19.8 Å². The molecule has 1 N–H and O–H groups in total. The van der Waals surface area contributed by atoms with Crippen LogP contribution in [0.5, 0.6) is 0 Å². The molecule has 1 aliphatic heterocycles. The lowest BCUT2D eigenvalue weighted by molar-refractivity contribution is 0.0849. The van der Waals surface area contributed by atoms with E-state index in [9.17, 15) is 0 Å². The summed E-state index contributed by atoms with van der Waals surface area (Å²) in [7, 11) is 0. The van der Waals surface area contributed by atoms with Crippen molar-refractivity contribution in [1.82, 2.24) is 5.32 Å². The number of nitrogens with one attached hydrogen (secondary N) is 1. The molecule has 0 aromatic heterocycles. The van der Waals surface area contributed by atoms with Crippen molar-refractivity contribution in [2.45, 2.75) is 32.2 Å². The summed E-state index contributed by atoms with van der Waals surface area (Å²) in [6.45, 7) is 4.97. The lowest BCUT2D eigenvalue weighted by Gasteiger charge is -2.23. The van der Waals surface area contributed by atoms with Gasteiger partial charge < -0.3 is 10.1 Å². The molecule has 0 aromatic rings. The number of morpholine rings is 1. The molecular formula is C9H18NO. The van der Waals surface area contributed by atoms with Crippen molar-refractivity contribution < 1.29 is 4.74 Å². The van der Waals surface area contributed by atoms with E-state index in [1.165, 1.54) is 19.3 Å². The first-order valence-corrected chi connectivity index (χ1v) is 4.58. The molecule has 1 rings (SSSR count). The molecule has 65 valence electrons. The van der Waals surface area contributed by atoms with Gasteiger partial charge in [-0.15, -0.1) is 0 Å². The van der Waals surface area contributed by atoms with E-state index in [2.05, 4.69) is 18.7 Å². The van der Waals surface area contributed by atoms with Gasteiger partial charge in [-0.2, -0.15) is 0 Å². The molecule has 2 heteroatoms. The molecule has 1 saturated heterocycles. The maximum atomic E-state index is 5.32. The molecule has 1 fully saturated rings. The molecule has 0 amide bonds. The van der Waals surface area contributed by atoms with Crippen LogP contribution in [0, 0.1) is 6.42 Å². The van der Waals surface area contributed by atoms with Gasteiger partial charge in [-0.05, 0) is 12.8 Å². The van der Waals surface area contributed by atoms with Gasteiger partial charge in [0.05, 0.1) is 13.2 Å². The molecule has 2 nitrogen and oxygen atoms in total. The summed E-state index contributed by atoms with van der Waals surface area (Å²) in [5, 5.41) is 3.40. The highest BCUT2D eigenvalue weighted by molar-refractivity contribution is 4.84. The summed E-state index contributed by atoms with van der Waals surface area (Å²) < 4.78 is 5.32. The first-order chi connectivity index (χ1) is 5.43. The highest BCUT2D eigenvalue weighted by Crippen LogP contribution is 2.04. The highest BCUT2D eigenvalue weighted by Gasteiger charge is 2.11. The maximum absolute atomic E-state index is 5.32. The molecule has 1 radical (unpaired) electrons. The minimum atomic E-state index is 0.510. The van der Waals surface area contributed by atoms with Crippen LogP contribution in [0.15, 0.2) is 0 Å². The number of ether oxygens (including phenoxy) is 1. The Hall–Kier alpha value is -0.0800. The summed E-state index contributed by atoms with van der Waals surface area (Å²) in [4.78, 5) is 0. The van der Waals surface area contributed by atoms with Gasteiger partial charge in [-0.1, -0.05) is 19.8 Å². The van der Waals surface area contributed by atoms with Crippen molar-refractivity contribution in [2.24, 2.45) is 0 Å². The third kappa shape index (κ3) is 3.73. The van der Waals surface area contributed by atoms with E-state index in [1.54, 1.807) is 0 Å². The van der Waals surface area contributed by atoms with Crippen molar-refractivity contribution in [1.29, 1.82) is 0 Å². The number of hydrogen-bond acceptors (Lipinski definition) is 2. The SMILES string of the molecule is CCCC[CH]C1COCCN1. The topological polar surface area (TPSA) is 21.3 Å². The first kappa shape index (κ1) is 9.01. The second-order valence-electron chi connectivity index (χ2n) is 3.01. The minimum Gasteiger partial charge on any atom is -0.379 e. The maximum Gasteiger partial charge on any atom is 0.0623 e. The van der Waals surface area contributed by atoms with Gasteiger partial charge in [0.1, 0.15) is 0 Å². The lowest BCUT2D eigenvalue weighted by Crippen LogP contribution is -2.41. The Kier molecular flexibility index (Phi) is 4.55. The Morgan fingerprint density at radius 3 is 3.18 bits per heavy atom. The fourth-order valence-electron chi connectivity index (χ4n) is 1.26. The molecular weight excluding hydrogens is 138 g/mol. The van der Waals surface area contributed by atoms with E-state index in [1.807, 2.05) is 0 Å². The molecule has 0 aromatic carbocycles. The monoisotopic (exact) mass is 156 g/mol. The number of unbranched alkanes of at least 4 members (excludes halogenated alkanes) is 2. The van der Waals surface area contributed by atoms with Crippen LogP contribution in [0.4, 0.5) is 0 Å². The van der Waals surface area contributed by atoms with Crippen molar-refractivity contribution in [3.63, 3.8) is 0 Å². The molecule has 1 unspecified atom stereocenters. The third-order valence-corrected chi connectivity index (χ3v) is 1.96. The molecule has 0 spiro atoms. The number of hydrogen-bond donors (Lipinski definition) is 1. The Balaban J connectivity index is 1.96. The van der Waals surface area contributed by atoms with Crippen LogP contribution in [0.2, 0.25) is 0 Å². The Labute approximate surface area is 69.3 Å². The van der Waals surface area contributed by atoms with Gasteiger partial charge in [-0.25, -0.2) is 0 Å². The van der Waals surface area contributed by atoms with Gasteiger partial charge in [0.25, 0.3) is 0 Å². The fraction of sp³-hybridized carbons (Fsp3) is 0.889. The minimum absolute atomic E-state index is 0.510. The van der Waals surface area contributed by atoms with Gasteiger partial charge in [0.15, 0.2) is 0 Å². The third-order valence-electron chi connectivity index (χ3n) is 1.96. The first-order valence-electron chi connectivity index (χ1n) is 4.58. The van der Waals surface area contributed by atoms with Gasteiger partial charge in [0.2, 0.25) is 0 Å². The summed E-state index contributed by atoms with van der Waals surface area (Å²) >= 11 is 0. The van der Waals surface area contributed by atoms with Gasteiger partial charge in [0, 0.05) is 12.6 Å². The van der Waals surface area contributed by atoms with E-state index < -0.39 is 0 Å². The van der Waals surface area contributed by atoms with Crippen LogP contribution in [-0.2, 0) is 4.74 Å². The molecule has 1 heterocycles. The largest absolute Gasteiger partial charge is 0.379 e. The van der Waals surface area contributed by atoms with Crippen molar-refractivity contribution in [2.75, 3.05) is 19.8 Å². The van der Waals surface area contributed by atoms with Gasteiger partial charge in [-0.3, -0.25) is 0 Å². The second-order valence-corrected chi connectivity index (χ2v) is 3.01. The van der Waals surface area contributed by atoms with Crippen molar-refractivity contribution in [3.8, 4) is 0 Å².